The number of carboxylic acid groups (broad SMARTS) is 1. The van der Waals surface area contributed by atoms with E-state index in [2.05, 4.69) is 23.7 Å². The number of rotatable bonds is 13. The molecule has 0 fully saturated rings. The Bertz CT molecular complexity index is 355. The molecule has 0 saturated heterocycles. The van der Waals surface area contributed by atoms with Gasteiger partial charge in [-0.05, 0) is 6.42 Å². The van der Waals surface area contributed by atoms with Crippen molar-refractivity contribution in [3.05, 3.63) is 0 Å². The fourth-order valence-corrected chi connectivity index (χ4v) is 2.07. The molecule has 10 heteroatoms. The van der Waals surface area contributed by atoms with Crippen molar-refractivity contribution >= 4 is 29.0 Å². The minimum Gasteiger partial charge on any atom is -0.726 e. The Labute approximate surface area is 174 Å². The Morgan fingerprint density at radius 3 is 1.62 bits per heavy atom. The van der Waals surface area contributed by atoms with Crippen LogP contribution in [0.4, 0.5) is 0 Å². The van der Waals surface area contributed by atoms with Crippen LogP contribution in [0.1, 0.15) is 71.1 Å². The third-order valence-corrected chi connectivity index (χ3v) is 3.59. The molecular weight excluding hydrogens is 365 g/mol. The summed E-state index contributed by atoms with van der Waals surface area (Å²) in [5.74, 6) is -0.965. The predicted octanol–water partition coefficient (Wildman–Crippen LogP) is 0.551. The molecule has 0 unspecified atom stereocenters. The summed E-state index contributed by atoms with van der Waals surface area (Å²) in [7, 11) is -4.48. The minimum atomic E-state index is -4.48. The second kappa shape index (κ2) is 23.6. The van der Waals surface area contributed by atoms with Crippen LogP contribution >= 0.6 is 12.6 Å². The number of hydrogen-bond acceptors (Lipinski definition) is 7. The summed E-state index contributed by atoms with van der Waals surface area (Å²) in [6.07, 6.45) is 11.7. The van der Waals surface area contributed by atoms with Crippen molar-refractivity contribution in [3.63, 3.8) is 0 Å². The molecule has 0 aromatic rings. The summed E-state index contributed by atoms with van der Waals surface area (Å²) in [6, 6.07) is 0. The second-order valence-electron chi connectivity index (χ2n) is 4.96. The summed E-state index contributed by atoms with van der Waals surface area (Å²) < 4.78 is 34.5. The molecule has 4 N–H and O–H groups in total. The maximum atomic E-state index is 10.1. The minimum absolute atomic E-state index is 0. The van der Waals surface area contributed by atoms with Gasteiger partial charge in [0.05, 0.1) is 12.4 Å². The Balaban J connectivity index is -0.000000250. The van der Waals surface area contributed by atoms with Crippen LogP contribution in [-0.2, 0) is 19.4 Å². The van der Waals surface area contributed by atoms with E-state index in [-0.39, 0.29) is 48.1 Å². The first-order chi connectivity index (χ1) is 10.3. The number of aliphatic carboxylic acids is 1. The van der Waals surface area contributed by atoms with Crippen LogP contribution in [0.25, 0.3) is 0 Å². The van der Waals surface area contributed by atoms with Crippen LogP contribution in [0.2, 0.25) is 0 Å². The van der Waals surface area contributed by atoms with Crippen molar-refractivity contribution in [1.29, 1.82) is 0 Å². The molecule has 0 radical (unpaired) electrons. The molecule has 0 spiro atoms. The molecule has 0 aromatic heterocycles. The van der Waals surface area contributed by atoms with E-state index >= 15 is 0 Å². The van der Waals surface area contributed by atoms with Crippen molar-refractivity contribution < 1.29 is 56.6 Å². The van der Waals surface area contributed by atoms with Gasteiger partial charge in [-0.1, -0.05) is 64.7 Å². The Morgan fingerprint density at radius 1 is 1.00 bits per heavy atom. The van der Waals surface area contributed by atoms with Gasteiger partial charge in [-0.15, -0.1) is 0 Å². The first-order valence-electron chi connectivity index (χ1n) is 7.76. The van der Waals surface area contributed by atoms with Gasteiger partial charge in [0, 0.05) is 0 Å². The summed E-state index contributed by atoms with van der Waals surface area (Å²) in [4.78, 5) is 9.29. The summed E-state index contributed by atoms with van der Waals surface area (Å²) >= 11 is 3.42. The Kier molecular flexibility index (Phi) is 31.9. The number of thiol groups is 1. The molecule has 0 amide bonds. The molecule has 0 rings (SSSR count). The van der Waals surface area contributed by atoms with Crippen molar-refractivity contribution in [3.8, 4) is 0 Å². The maximum absolute atomic E-state index is 10.1. The van der Waals surface area contributed by atoms with Gasteiger partial charge in [-0.25, -0.2) is 8.42 Å². The normalized spacial score (nSPS) is 9.96. The first-order valence-corrected chi connectivity index (χ1v) is 9.73. The Morgan fingerprint density at radius 2 is 1.33 bits per heavy atom. The van der Waals surface area contributed by atoms with E-state index in [1.807, 2.05) is 0 Å². The summed E-state index contributed by atoms with van der Waals surface area (Å²) in [5, 5.41) is 7.65. The van der Waals surface area contributed by atoms with Crippen molar-refractivity contribution in [2.75, 3.05) is 12.4 Å². The largest absolute Gasteiger partial charge is 1.00 e. The number of carboxylic acids is 1. The van der Waals surface area contributed by atoms with Crippen molar-refractivity contribution in [1.82, 2.24) is 6.15 Å². The maximum Gasteiger partial charge on any atom is 1.00 e. The van der Waals surface area contributed by atoms with Gasteiger partial charge in [-0.2, -0.15) is 12.6 Å². The fourth-order valence-electron chi connectivity index (χ4n) is 1.75. The zero-order valence-corrected chi connectivity index (χ0v) is 18.7. The van der Waals surface area contributed by atoms with Crippen molar-refractivity contribution in [2.45, 2.75) is 71.1 Å². The van der Waals surface area contributed by atoms with Gasteiger partial charge < -0.3 is 15.8 Å². The molecule has 142 valence electrons. The van der Waals surface area contributed by atoms with E-state index in [0.29, 0.717) is 6.42 Å². The summed E-state index contributed by atoms with van der Waals surface area (Å²) in [6.45, 7) is 2.24. The van der Waals surface area contributed by atoms with Gasteiger partial charge >= 0.3 is 35.5 Å². The number of hydrogen-bond donors (Lipinski definition) is 3. The van der Waals surface area contributed by atoms with Gasteiger partial charge in [0.2, 0.25) is 10.4 Å². The third-order valence-electron chi connectivity index (χ3n) is 2.86. The predicted molar refractivity (Wildman–Crippen MR) is 94.0 cm³/mol. The average Bonchev–Trinajstić information content (AvgIpc) is 2.44. The van der Waals surface area contributed by atoms with Gasteiger partial charge in [-0.3, -0.25) is 8.98 Å². The van der Waals surface area contributed by atoms with E-state index in [4.69, 9.17) is 5.11 Å². The number of carbonyl (C=O) groups is 1. The van der Waals surface area contributed by atoms with Crippen LogP contribution in [0.3, 0.4) is 0 Å². The molecule has 0 aliphatic rings. The molecule has 24 heavy (non-hydrogen) atoms. The molecule has 0 heterocycles. The Hall–Kier alpha value is 0.650. The van der Waals surface area contributed by atoms with Crippen LogP contribution in [0.5, 0.6) is 0 Å². The molecule has 0 aliphatic carbocycles. The molecule has 0 aliphatic heterocycles. The van der Waals surface area contributed by atoms with E-state index in [0.717, 1.165) is 12.8 Å². The third kappa shape index (κ3) is 38.3. The molecule has 7 nitrogen and oxygen atoms in total. The standard InChI is InChI=1S/C12H26O4S.C2H4O2S.H3N.Na/c1-2-3-4-5-6-7-8-9-10-11-12-16-17(13,14)15;3-2(4)1-5;;/h2-12H2,1H3,(H,13,14,15);5H,1H2,(H,3,4);1H3;/q;;;+1/p-1. The van der Waals surface area contributed by atoms with E-state index in [1.54, 1.807) is 0 Å². The van der Waals surface area contributed by atoms with E-state index in [9.17, 15) is 17.8 Å². The van der Waals surface area contributed by atoms with Crippen LogP contribution in [0, 0.1) is 0 Å². The first kappa shape index (κ1) is 32.3. The van der Waals surface area contributed by atoms with Crippen LogP contribution in [0.15, 0.2) is 0 Å². The molecule has 0 saturated carbocycles. The van der Waals surface area contributed by atoms with Gasteiger partial charge in [0.1, 0.15) is 0 Å². The summed E-state index contributed by atoms with van der Waals surface area (Å²) in [5.41, 5.74) is 0. The van der Waals surface area contributed by atoms with Gasteiger partial charge in [0.25, 0.3) is 0 Å². The zero-order chi connectivity index (χ0) is 17.3. The smallest absolute Gasteiger partial charge is 0.726 e. The van der Waals surface area contributed by atoms with Crippen molar-refractivity contribution in [2.24, 2.45) is 0 Å². The zero-order valence-electron chi connectivity index (χ0n) is 15.0. The molecule has 0 atom stereocenters. The van der Waals surface area contributed by atoms with E-state index < -0.39 is 16.4 Å². The fraction of sp³-hybridized carbons (Fsp3) is 0.929. The molecule has 0 aromatic carbocycles. The monoisotopic (exact) mass is 397 g/mol. The average molecular weight is 398 g/mol. The quantitative estimate of drug-likeness (QED) is 0.136. The van der Waals surface area contributed by atoms with E-state index in [1.165, 1.54) is 44.9 Å². The topological polar surface area (TPSA) is 139 Å². The second-order valence-corrected chi connectivity index (χ2v) is 6.33. The van der Waals surface area contributed by atoms with Crippen LogP contribution < -0.4 is 35.7 Å². The number of unbranched alkanes of at least 4 members (excludes halogenated alkanes) is 9. The van der Waals surface area contributed by atoms with Gasteiger partial charge in [0.15, 0.2) is 0 Å². The SMILES string of the molecule is CCCCCCCCCCCCOS(=O)(=O)[O-].N.O=C(O)CS.[Na+]. The molecular formula is C14H32NNaO6S2. The van der Waals surface area contributed by atoms with Crippen LogP contribution in [-0.4, -0.2) is 36.4 Å². The molecule has 0 bridgehead atoms.